The molecule has 0 saturated heterocycles. The third-order valence-corrected chi connectivity index (χ3v) is 1.50. The number of pyridine rings is 1. The lowest BCUT2D eigenvalue weighted by Crippen LogP contribution is -1.89. The van der Waals surface area contributed by atoms with Crippen LogP contribution in [0.3, 0.4) is 0 Å². The van der Waals surface area contributed by atoms with Crippen molar-refractivity contribution in [2.45, 2.75) is 0 Å². The van der Waals surface area contributed by atoms with E-state index in [9.17, 15) is 4.79 Å². The number of carbonyl (C=O) groups is 1. The smallest absolute Gasteiger partial charge is 0.168 e. The van der Waals surface area contributed by atoms with Gasteiger partial charge in [-0.15, -0.1) is 0 Å². The lowest BCUT2D eigenvalue weighted by Gasteiger charge is -1.93. The second-order valence-electron chi connectivity index (χ2n) is 2.28. The Hall–Kier alpha value is -1.84. The predicted octanol–water partition coefficient (Wildman–Crippen LogP) is 0.837. The fraction of sp³-hybridized carbons (Fsp3) is 0. The summed E-state index contributed by atoms with van der Waals surface area (Å²) in [6.45, 7) is 0. The van der Waals surface area contributed by atoms with Crippen molar-refractivity contribution in [2.75, 3.05) is 0 Å². The summed E-state index contributed by atoms with van der Waals surface area (Å²) in [4.78, 5) is 22.1. The summed E-state index contributed by atoms with van der Waals surface area (Å²) < 4.78 is 0. The number of aldehydes is 1. The standard InChI is InChI=1S/C8H5N3O/c12-4-6-1-2-7-8(11-6)3-9-5-10-7/h1-5H. The number of hydrogen-bond acceptors (Lipinski definition) is 4. The zero-order valence-electron chi connectivity index (χ0n) is 6.14. The maximum absolute atomic E-state index is 10.3. The number of nitrogens with zero attached hydrogens (tertiary/aromatic N) is 3. The van der Waals surface area contributed by atoms with Gasteiger partial charge >= 0.3 is 0 Å². The fourth-order valence-corrected chi connectivity index (χ4v) is 0.953. The molecule has 2 heterocycles. The Kier molecular flexibility index (Phi) is 1.51. The highest BCUT2D eigenvalue weighted by Gasteiger charge is 1.96. The maximum Gasteiger partial charge on any atom is 0.168 e. The number of rotatable bonds is 1. The summed E-state index contributed by atoms with van der Waals surface area (Å²) >= 11 is 0. The predicted molar refractivity (Wildman–Crippen MR) is 42.7 cm³/mol. The molecule has 0 spiro atoms. The SMILES string of the molecule is O=Cc1ccc2ncncc2n1. The summed E-state index contributed by atoms with van der Waals surface area (Å²) in [5.74, 6) is 0. The van der Waals surface area contributed by atoms with Crippen LogP contribution in [0.1, 0.15) is 10.5 Å². The van der Waals surface area contributed by atoms with Gasteiger partial charge in [0.2, 0.25) is 0 Å². The molecular formula is C8H5N3O. The van der Waals surface area contributed by atoms with Crippen LogP contribution in [0.15, 0.2) is 24.7 Å². The molecular weight excluding hydrogens is 154 g/mol. The Morgan fingerprint density at radius 2 is 2.17 bits per heavy atom. The third kappa shape index (κ3) is 1.03. The van der Waals surface area contributed by atoms with E-state index in [1.54, 1.807) is 18.3 Å². The van der Waals surface area contributed by atoms with E-state index in [1.807, 2.05) is 0 Å². The largest absolute Gasteiger partial charge is 0.296 e. The van der Waals surface area contributed by atoms with Gasteiger partial charge in [0.1, 0.15) is 17.5 Å². The van der Waals surface area contributed by atoms with Crippen molar-refractivity contribution in [2.24, 2.45) is 0 Å². The Morgan fingerprint density at radius 1 is 1.25 bits per heavy atom. The van der Waals surface area contributed by atoms with Gasteiger partial charge in [-0.05, 0) is 12.1 Å². The molecule has 2 rings (SSSR count). The molecule has 12 heavy (non-hydrogen) atoms. The normalized spacial score (nSPS) is 10.0. The van der Waals surface area contributed by atoms with E-state index in [-0.39, 0.29) is 0 Å². The molecule has 0 aliphatic carbocycles. The van der Waals surface area contributed by atoms with Gasteiger partial charge in [-0.25, -0.2) is 15.0 Å². The van der Waals surface area contributed by atoms with Crippen LogP contribution in [0, 0.1) is 0 Å². The Morgan fingerprint density at radius 3 is 3.00 bits per heavy atom. The van der Waals surface area contributed by atoms with Crippen LogP contribution >= 0.6 is 0 Å². The number of hydrogen-bond donors (Lipinski definition) is 0. The van der Waals surface area contributed by atoms with Crippen molar-refractivity contribution < 1.29 is 4.79 Å². The van der Waals surface area contributed by atoms with Crippen LogP contribution in [0.4, 0.5) is 0 Å². The first-order valence-electron chi connectivity index (χ1n) is 3.42. The molecule has 0 bridgehead atoms. The van der Waals surface area contributed by atoms with Gasteiger partial charge in [-0.2, -0.15) is 0 Å². The molecule has 58 valence electrons. The van der Waals surface area contributed by atoms with E-state index in [1.165, 1.54) is 6.33 Å². The first kappa shape index (κ1) is 6.84. The highest BCUT2D eigenvalue weighted by atomic mass is 16.1. The van der Waals surface area contributed by atoms with Gasteiger partial charge in [0.15, 0.2) is 6.29 Å². The minimum absolute atomic E-state index is 0.400. The van der Waals surface area contributed by atoms with Crippen LogP contribution < -0.4 is 0 Å². The quantitative estimate of drug-likeness (QED) is 0.578. The molecule has 0 radical (unpaired) electrons. The second-order valence-corrected chi connectivity index (χ2v) is 2.28. The van der Waals surface area contributed by atoms with Crippen LogP contribution in [0.25, 0.3) is 11.0 Å². The molecule has 0 N–H and O–H groups in total. The van der Waals surface area contributed by atoms with Crippen molar-refractivity contribution in [3.8, 4) is 0 Å². The summed E-state index contributed by atoms with van der Waals surface area (Å²) in [5, 5.41) is 0. The Balaban J connectivity index is 2.75. The van der Waals surface area contributed by atoms with Crippen molar-refractivity contribution >= 4 is 17.3 Å². The molecule has 4 nitrogen and oxygen atoms in total. The molecule has 0 amide bonds. The van der Waals surface area contributed by atoms with E-state index in [2.05, 4.69) is 15.0 Å². The molecule has 2 aromatic rings. The minimum Gasteiger partial charge on any atom is -0.296 e. The molecule has 2 aromatic heterocycles. The molecule has 0 atom stereocenters. The van der Waals surface area contributed by atoms with Crippen LogP contribution in [0.5, 0.6) is 0 Å². The van der Waals surface area contributed by atoms with Gasteiger partial charge in [-0.1, -0.05) is 0 Å². The van der Waals surface area contributed by atoms with Crippen LogP contribution in [0.2, 0.25) is 0 Å². The van der Waals surface area contributed by atoms with Crippen molar-refractivity contribution in [3.05, 3.63) is 30.4 Å². The topological polar surface area (TPSA) is 55.7 Å². The highest BCUT2D eigenvalue weighted by Crippen LogP contribution is 2.05. The monoisotopic (exact) mass is 159 g/mol. The maximum atomic E-state index is 10.3. The van der Waals surface area contributed by atoms with E-state index >= 15 is 0 Å². The molecule has 0 aliphatic heterocycles. The van der Waals surface area contributed by atoms with Gasteiger partial charge in [0.25, 0.3) is 0 Å². The first-order chi connectivity index (χ1) is 5.90. The van der Waals surface area contributed by atoms with E-state index in [0.717, 1.165) is 5.52 Å². The van der Waals surface area contributed by atoms with Crippen molar-refractivity contribution in [3.63, 3.8) is 0 Å². The second kappa shape index (κ2) is 2.65. The molecule has 0 saturated carbocycles. The van der Waals surface area contributed by atoms with E-state index in [4.69, 9.17) is 0 Å². The van der Waals surface area contributed by atoms with E-state index in [0.29, 0.717) is 17.5 Å². The summed E-state index contributed by atoms with van der Waals surface area (Å²) in [5.41, 5.74) is 1.79. The number of fused-ring (bicyclic) bond motifs is 1. The number of carbonyl (C=O) groups excluding carboxylic acids is 1. The molecule has 0 unspecified atom stereocenters. The summed E-state index contributed by atoms with van der Waals surface area (Å²) in [6.07, 6.45) is 3.73. The molecule has 0 aromatic carbocycles. The van der Waals surface area contributed by atoms with Crippen molar-refractivity contribution in [1.82, 2.24) is 15.0 Å². The molecule has 0 aliphatic rings. The molecule has 0 fully saturated rings. The van der Waals surface area contributed by atoms with Gasteiger partial charge < -0.3 is 0 Å². The van der Waals surface area contributed by atoms with Gasteiger partial charge in [-0.3, -0.25) is 4.79 Å². The lowest BCUT2D eigenvalue weighted by molar-refractivity contribution is 0.111. The Labute approximate surface area is 68.3 Å². The Bertz CT molecular complexity index is 427. The zero-order chi connectivity index (χ0) is 8.39. The first-order valence-corrected chi connectivity index (χ1v) is 3.42. The summed E-state index contributed by atoms with van der Waals surface area (Å²) in [7, 11) is 0. The van der Waals surface area contributed by atoms with Gasteiger partial charge in [0, 0.05) is 0 Å². The fourth-order valence-electron chi connectivity index (χ4n) is 0.953. The highest BCUT2D eigenvalue weighted by molar-refractivity contribution is 5.79. The number of aromatic nitrogens is 3. The minimum atomic E-state index is 0.400. The average molecular weight is 159 g/mol. The molecule has 4 heteroatoms. The third-order valence-electron chi connectivity index (χ3n) is 1.50. The lowest BCUT2D eigenvalue weighted by atomic mass is 10.3. The van der Waals surface area contributed by atoms with Crippen LogP contribution in [-0.4, -0.2) is 21.2 Å². The average Bonchev–Trinajstić information content (AvgIpc) is 2.17. The zero-order valence-corrected chi connectivity index (χ0v) is 6.14. The van der Waals surface area contributed by atoms with Crippen molar-refractivity contribution in [1.29, 1.82) is 0 Å². The summed E-state index contributed by atoms with van der Waals surface area (Å²) in [6, 6.07) is 3.37. The van der Waals surface area contributed by atoms with Crippen LogP contribution in [-0.2, 0) is 0 Å². The van der Waals surface area contributed by atoms with Gasteiger partial charge in [0.05, 0.1) is 11.7 Å². The van der Waals surface area contributed by atoms with E-state index < -0.39 is 0 Å².